The van der Waals surface area contributed by atoms with Gasteiger partial charge >= 0.3 is 0 Å². The van der Waals surface area contributed by atoms with E-state index < -0.39 is 0 Å². The molecule has 0 saturated heterocycles. The molecule has 0 spiro atoms. The molecule has 2 heteroatoms. The highest BCUT2D eigenvalue weighted by molar-refractivity contribution is 5.33. The van der Waals surface area contributed by atoms with Crippen molar-refractivity contribution in [2.75, 3.05) is 0 Å². The molecule has 0 amide bonds. The van der Waals surface area contributed by atoms with E-state index in [0.29, 0.717) is 0 Å². The number of nitrogens with zero attached hydrogens (tertiary/aromatic N) is 1. The lowest BCUT2D eigenvalue weighted by molar-refractivity contribution is -0.259. The van der Waals surface area contributed by atoms with Crippen molar-refractivity contribution in [2.45, 2.75) is 91.6 Å². The minimum Gasteiger partial charge on any atom is -0.135 e. The van der Waals surface area contributed by atoms with Gasteiger partial charge in [-0.1, -0.05) is 54.5 Å². The molecule has 0 bridgehead atoms. The fourth-order valence-electron chi connectivity index (χ4n) is 3.59. The first-order chi connectivity index (χ1) is 8.71. The van der Waals surface area contributed by atoms with E-state index in [0.717, 1.165) is 32.1 Å². The van der Waals surface area contributed by atoms with Crippen molar-refractivity contribution < 1.29 is 5.21 Å². The van der Waals surface area contributed by atoms with Crippen molar-refractivity contribution in [3.63, 3.8) is 0 Å². The largest absolute Gasteiger partial charge is 0.135 e. The highest BCUT2D eigenvalue weighted by Gasteiger charge is 2.53. The zero-order chi connectivity index (χ0) is 14.9. The van der Waals surface area contributed by atoms with Crippen LogP contribution < -0.4 is 0 Å². The van der Waals surface area contributed by atoms with Gasteiger partial charge in [0.25, 0.3) is 0 Å². The summed E-state index contributed by atoms with van der Waals surface area (Å²) in [5, 5.41) is 14.5. The van der Waals surface area contributed by atoms with E-state index in [2.05, 4.69) is 54.5 Å². The van der Waals surface area contributed by atoms with Gasteiger partial charge in [0.2, 0.25) is 0 Å². The lowest BCUT2D eigenvalue weighted by Gasteiger charge is -2.42. The van der Waals surface area contributed by atoms with Crippen LogP contribution in [0, 0.1) is 5.41 Å². The first-order valence-electron chi connectivity index (χ1n) is 7.91. The molecule has 0 unspecified atom stereocenters. The lowest BCUT2D eigenvalue weighted by atomic mass is 9.77. The first kappa shape index (κ1) is 16.7. The molecule has 0 atom stereocenters. The fourth-order valence-corrected chi connectivity index (χ4v) is 3.59. The molecule has 0 aromatic rings. The summed E-state index contributed by atoms with van der Waals surface area (Å²) in [7, 11) is 0. The average Bonchev–Trinajstić information content (AvgIpc) is 2.57. The Bertz CT molecular complexity index is 330. The predicted molar refractivity (Wildman–Crippen MR) is 81.3 cm³/mol. The number of rotatable bonds is 5. The van der Waals surface area contributed by atoms with Gasteiger partial charge in [0.1, 0.15) is 0 Å². The summed E-state index contributed by atoms with van der Waals surface area (Å²) in [6.45, 7) is 15.4. The van der Waals surface area contributed by atoms with Crippen LogP contribution in [0.25, 0.3) is 0 Å². The average molecular weight is 266 g/mol. The molecule has 0 aromatic heterocycles. The number of hydrogen-bond donors (Lipinski definition) is 0. The SMILES string of the molecule is CCC1(CC)C=C(CC(C)(C)C)C(CC)(CC)N1[O]. The van der Waals surface area contributed by atoms with Gasteiger partial charge in [-0.2, -0.15) is 0 Å². The summed E-state index contributed by atoms with van der Waals surface area (Å²) in [6, 6.07) is 0. The molecule has 1 heterocycles. The van der Waals surface area contributed by atoms with Gasteiger partial charge in [-0.3, -0.25) is 0 Å². The fraction of sp³-hybridized carbons (Fsp3) is 0.882. The molecule has 0 aromatic carbocycles. The van der Waals surface area contributed by atoms with E-state index in [1.807, 2.05) is 0 Å². The minimum atomic E-state index is -0.271. The Morgan fingerprint density at radius 1 is 1.00 bits per heavy atom. The minimum absolute atomic E-state index is 0.236. The van der Waals surface area contributed by atoms with Crippen LogP contribution in [-0.4, -0.2) is 16.1 Å². The molecule has 1 aliphatic heterocycles. The van der Waals surface area contributed by atoms with Crippen LogP contribution >= 0.6 is 0 Å². The maximum atomic E-state index is 13.0. The van der Waals surface area contributed by atoms with Crippen LogP contribution in [0.5, 0.6) is 0 Å². The smallest absolute Gasteiger partial charge is 0.0707 e. The summed E-state index contributed by atoms with van der Waals surface area (Å²) in [5.41, 5.74) is 1.08. The second kappa shape index (κ2) is 5.57. The van der Waals surface area contributed by atoms with Crippen LogP contribution in [-0.2, 0) is 5.21 Å². The van der Waals surface area contributed by atoms with Crippen LogP contribution in [0.3, 0.4) is 0 Å². The van der Waals surface area contributed by atoms with Crippen molar-refractivity contribution in [1.29, 1.82) is 0 Å². The summed E-state index contributed by atoms with van der Waals surface area (Å²) < 4.78 is 0. The Hall–Kier alpha value is -0.340. The summed E-state index contributed by atoms with van der Waals surface area (Å²) in [4.78, 5) is 0. The molecular formula is C17H32NO. The molecule has 1 aliphatic rings. The Morgan fingerprint density at radius 2 is 1.47 bits per heavy atom. The van der Waals surface area contributed by atoms with Crippen LogP contribution in [0.2, 0.25) is 0 Å². The Kier molecular flexibility index (Phi) is 4.90. The van der Waals surface area contributed by atoms with E-state index in [4.69, 9.17) is 0 Å². The van der Waals surface area contributed by atoms with Crippen LogP contribution in [0.4, 0.5) is 0 Å². The second-order valence-electron chi connectivity index (χ2n) is 7.25. The third kappa shape index (κ3) is 2.75. The third-order valence-electron chi connectivity index (χ3n) is 4.95. The standard InChI is InChI=1S/C17H32NO/c1-8-16(9-2)13-14(12-15(5,6)7)17(10-3,11-4)18(16)19/h13H,8-12H2,1-7H3. The predicted octanol–water partition coefficient (Wildman–Crippen LogP) is 5.13. The Labute approximate surface area is 119 Å². The molecular weight excluding hydrogens is 234 g/mol. The molecule has 1 rings (SSSR count). The lowest BCUT2D eigenvalue weighted by Crippen LogP contribution is -2.52. The topological polar surface area (TPSA) is 23.1 Å². The van der Waals surface area contributed by atoms with E-state index in [1.54, 1.807) is 0 Å². The van der Waals surface area contributed by atoms with E-state index >= 15 is 0 Å². The molecule has 19 heavy (non-hydrogen) atoms. The van der Waals surface area contributed by atoms with Crippen molar-refractivity contribution in [3.05, 3.63) is 11.6 Å². The number of hydrogen-bond acceptors (Lipinski definition) is 1. The van der Waals surface area contributed by atoms with Gasteiger partial charge in [0.05, 0.1) is 11.1 Å². The van der Waals surface area contributed by atoms with E-state index in [1.165, 1.54) is 10.6 Å². The summed E-state index contributed by atoms with van der Waals surface area (Å²) in [6.07, 6.45) is 6.98. The number of hydroxylamine groups is 2. The Balaban J connectivity index is 3.27. The zero-order valence-electron chi connectivity index (χ0n) is 14.0. The highest BCUT2D eigenvalue weighted by atomic mass is 16.5. The highest BCUT2D eigenvalue weighted by Crippen LogP contribution is 2.49. The normalized spacial score (nSPS) is 22.6. The van der Waals surface area contributed by atoms with Gasteiger partial charge in [-0.15, -0.1) is 10.3 Å². The zero-order valence-corrected chi connectivity index (χ0v) is 14.0. The van der Waals surface area contributed by atoms with Gasteiger partial charge in [-0.05, 0) is 43.1 Å². The van der Waals surface area contributed by atoms with Crippen molar-refractivity contribution >= 4 is 0 Å². The van der Waals surface area contributed by atoms with Crippen molar-refractivity contribution in [2.24, 2.45) is 5.41 Å². The second-order valence-corrected chi connectivity index (χ2v) is 7.25. The van der Waals surface area contributed by atoms with Crippen molar-refractivity contribution in [3.8, 4) is 0 Å². The molecule has 1 radical (unpaired) electrons. The van der Waals surface area contributed by atoms with Gasteiger partial charge in [-0.25, -0.2) is 0 Å². The molecule has 111 valence electrons. The third-order valence-corrected chi connectivity index (χ3v) is 4.95. The molecule has 2 nitrogen and oxygen atoms in total. The molecule has 0 N–H and O–H groups in total. The maximum Gasteiger partial charge on any atom is 0.0707 e. The van der Waals surface area contributed by atoms with Gasteiger partial charge in [0, 0.05) is 0 Å². The van der Waals surface area contributed by atoms with E-state index in [9.17, 15) is 5.21 Å². The van der Waals surface area contributed by atoms with E-state index in [-0.39, 0.29) is 16.5 Å². The molecule has 0 fully saturated rings. The monoisotopic (exact) mass is 266 g/mol. The summed E-state index contributed by atoms with van der Waals surface area (Å²) in [5.74, 6) is 0. The molecule has 0 saturated carbocycles. The van der Waals surface area contributed by atoms with Crippen LogP contribution in [0.1, 0.15) is 80.6 Å². The van der Waals surface area contributed by atoms with Gasteiger partial charge < -0.3 is 0 Å². The molecule has 0 aliphatic carbocycles. The quantitative estimate of drug-likeness (QED) is 0.633. The van der Waals surface area contributed by atoms with Crippen LogP contribution in [0.15, 0.2) is 11.6 Å². The summed E-state index contributed by atoms with van der Waals surface area (Å²) >= 11 is 0. The maximum absolute atomic E-state index is 13.0. The van der Waals surface area contributed by atoms with Gasteiger partial charge in [0.15, 0.2) is 0 Å². The van der Waals surface area contributed by atoms with Crippen molar-refractivity contribution in [1.82, 2.24) is 5.06 Å². The first-order valence-corrected chi connectivity index (χ1v) is 7.91. The Morgan fingerprint density at radius 3 is 1.79 bits per heavy atom.